The fourth-order valence-electron chi connectivity index (χ4n) is 4.66. The summed E-state index contributed by atoms with van der Waals surface area (Å²) in [6.45, 7) is 1.51. The zero-order chi connectivity index (χ0) is 22.3. The molecular formula is C23H22N4O4S. The molecule has 0 aliphatic carbocycles. The van der Waals surface area contributed by atoms with Crippen molar-refractivity contribution < 1.29 is 13.2 Å². The number of nitrogens with one attached hydrogen (secondary N) is 1. The summed E-state index contributed by atoms with van der Waals surface area (Å²) in [5.74, 6) is 0.0898. The largest absolute Gasteiger partial charge is 0.338 e. The Labute approximate surface area is 185 Å². The average molecular weight is 451 g/mol. The van der Waals surface area contributed by atoms with Gasteiger partial charge in [0.25, 0.3) is 21.5 Å². The van der Waals surface area contributed by atoms with Gasteiger partial charge >= 0.3 is 0 Å². The molecule has 32 heavy (non-hydrogen) atoms. The van der Waals surface area contributed by atoms with E-state index in [1.54, 1.807) is 53.4 Å². The van der Waals surface area contributed by atoms with Crippen LogP contribution in [0.1, 0.15) is 28.4 Å². The second kappa shape index (κ2) is 7.90. The summed E-state index contributed by atoms with van der Waals surface area (Å²) >= 11 is 0. The number of sulfonamides is 1. The standard InChI is InChI=1S/C23H22N4O4S/c28-22(17-5-4-10-24-12-17)26-13-16-11-18(15-26)21-9-8-20(23(29)27(21)14-16)25-32(30,31)19-6-2-1-3-7-19/h1-10,12,16,18,25H,11,13-15H2/t16-,18+/m0/s1. The van der Waals surface area contributed by atoms with Crippen molar-refractivity contribution in [1.82, 2.24) is 14.5 Å². The Morgan fingerprint density at radius 3 is 2.56 bits per heavy atom. The van der Waals surface area contributed by atoms with Crippen molar-refractivity contribution in [3.8, 4) is 0 Å². The van der Waals surface area contributed by atoms with Gasteiger partial charge in [0, 0.05) is 43.6 Å². The number of hydrogen-bond acceptors (Lipinski definition) is 5. The first-order chi connectivity index (χ1) is 15.4. The highest BCUT2D eigenvalue weighted by molar-refractivity contribution is 7.92. The number of piperidine rings is 1. The summed E-state index contributed by atoms with van der Waals surface area (Å²) in [6, 6.07) is 14.8. The minimum Gasteiger partial charge on any atom is -0.338 e. The van der Waals surface area contributed by atoms with Crippen molar-refractivity contribution in [2.75, 3.05) is 17.8 Å². The Balaban J connectivity index is 1.41. The van der Waals surface area contributed by atoms with Crippen LogP contribution in [-0.2, 0) is 16.6 Å². The highest BCUT2D eigenvalue weighted by Gasteiger charge is 2.37. The fraction of sp³-hybridized carbons (Fsp3) is 0.261. The lowest BCUT2D eigenvalue weighted by atomic mass is 9.83. The number of hydrogen-bond donors (Lipinski definition) is 1. The molecule has 0 unspecified atom stereocenters. The number of anilines is 1. The smallest absolute Gasteiger partial charge is 0.275 e. The van der Waals surface area contributed by atoms with E-state index in [-0.39, 0.29) is 33.9 Å². The van der Waals surface area contributed by atoms with Crippen molar-refractivity contribution in [2.45, 2.75) is 23.8 Å². The molecular weight excluding hydrogens is 428 g/mol. The highest BCUT2D eigenvalue weighted by Crippen LogP contribution is 2.36. The minimum absolute atomic E-state index is 0.0237. The predicted molar refractivity (Wildman–Crippen MR) is 119 cm³/mol. The summed E-state index contributed by atoms with van der Waals surface area (Å²) in [4.78, 5) is 32.0. The lowest BCUT2D eigenvalue weighted by Gasteiger charge is -2.42. The molecule has 1 fully saturated rings. The third-order valence-electron chi connectivity index (χ3n) is 6.10. The van der Waals surface area contributed by atoms with E-state index in [2.05, 4.69) is 9.71 Å². The Bertz CT molecular complexity index is 1320. The molecule has 2 aliphatic rings. The summed E-state index contributed by atoms with van der Waals surface area (Å²) in [7, 11) is -3.85. The summed E-state index contributed by atoms with van der Waals surface area (Å²) < 4.78 is 29.4. The van der Waals surface area contributed by atoms with Crippen LogP contribution >= 0.6 is 0 Å². The summed E-state index contributed by atoms with van der Waals surface area (Å²) in [5, 5.41) is 0. The number of nitrogens with zero attached hydrogens (tertiary/aromatic N) is 3. The van der Waals surface area contributed by atoms with Crippen molar-refractivity contribution in [2.24, 2.45) is 5.92 Å². The molecule has 2 bridgehead atoms. The number of amides is 1. The van der Waals surface area contributed by atoms with E-state index in [9.17, 15) is 18.0 Å². The number of carbonyl (C=O) groups is 1. The molecule has 2 atom stereocenters. The summed E-state index contributed by atoms with van der Waals surface area (Å²) in [6.07, 6.45) is 4.09. The Kier molecular flexibility index (Phi) is 5.05. The number of benzene rings is 1. The van der Waals surface area contributed by atoms with Crippen LogP contribution in [-0.4, -0.2) is 41.9 Å². The van der Waals surface area contributed by atoms with E-state index in [1.807, 2.05) is 4.90 Å². The molecule has 4 heterocycles. The van der Waals surface area contributed by atoms with Crippen LogP contribution in [0, 0.1) is 5.92 Å². The van der Waals surface area contributed by atoms with Crippen LogP contribution in [0.5, 0.6) is 0 Å². The summed E-state index contributed by atoms with van der Waals surface area (Å²) in [5.41, 5.74) is 1.05. The van der Waals surface area contributed by atoms with Gasteiger partial charge in [-0.15, -0.1) is 0 Å². The Morgan fingerprint density at radius 2 is 1.81 bits per heavy atom. The van der Waals surface area contributed by atoms with Crippen LogP contribution in [0.3, 0.4) is 0 Å². The molecule has 2 aromatic heterocycles. The molecule has 2 aliphatic heterocycles. The number of fused-ring (bicyclic) bond motifs is 4. The lowest BCUT2D eigenvalue weighted by molar-refractivity contribution is 0.0594. The Morgan fingerprint density at radius 1 is 1.00 bits per heavy atom. The van der Waals surface area contributed by atoms with Crippen molar-refractivity contribution >= 4 is 21.6 Å². The first-order valence-electron chi connectivity index (χ1n) is 10.4. The van der Waals surface area contributed by atoms with Gasteiger partial charge in [-0.3, -0.25) is 19.3 Å². The number of rotatable bonds is 4. The van der Waals surface area contributed by atoms with Crippen molar-refractivity contribution in [3.05, 3.63) is 88.6 Å². The van der Waals surface area contributed by atoms with E-state index >= 15 is 0 Å². The van der Waals surface area contributed by atoms with Crippen LogP contribution in [0.25, 0.3) is 0 Å². The molecule has 164 valence electrons. The molecule has 1 amide bonds. The van der Waals surface area contributed by atoms with E-state index < -0.39 is 10.0 Å². The van der Waals surface area contributed by atoms with Gasteiger partial charge in [-0.2, -0.15) is 0 Å². The van der Waals surface area contributed by atoms with Gasteiger partial charge in [0.05, 0.1) is 10.5 Å². The first-order valence-corrected chi connectivity index (χ1v) is 11.9. The van der Waals surface area contributed by atoms with Crippen molar-refractivity contribution in [3.63, 3.8) is 0 Å². The van der Waals surface area contributed by atoms with Gasteiger partial charge in [0.15, 0.2) is 0 Å². The van der Waals surface area contributed by atoms with Gasteiger partial charge in [0.2, 0.25) is 0 Å². The molecule has 8 nitrogen and oxygen atoms in total. The Hall–Kier alpha value is -3.46. The normalized spacial score (nSPS) is 19.8. The maximum absolute atomic E-state index is 13.1. The number of likely N-dealkylation sites (tertiary alicyclic amines) is 1. The van der Waals surface area contributed by atoms with Gasteiger partial charge in [-0.25, -0.2) is 8.42 Å². The maximum Gasteiger partial charge on any atom is 0.275 e. The van der Waals surface area contributed by atoms with Crippen molar-refractivity contribution in [1.29, 1.82) is 0 Å². The first kappa shape index (κ1) is 20.4. The topological polar surface area (TPSA) is 101 Å². The molecule has 0 spiro atoms. The zero-order valence-electron chi connectivity index (χ0n) is 17.2. The lowest BCUT2D eigenvalue weighted by Crippen LogP contribution is -2.49. The number of pyridine rings is 2. The predicted octanol–water partition coefficient (Wildman–Crippen LogP) is 2.30. The van der Waals surface area contributed by atoms with E-state index in [4.69, 9.17) is 0 Å². The van der Waals surface area contributed by atoms with E-state index in [0.717, 1.165) is 12.1 Å². The molecule has 1 N–H and O–H groups in total. The third kappa shape index (κ3) is 3.69. The average Bonchev–Trinajstić information content (AvgIpc) is 2.81. The number of carbonyl (C=O) groups excluding carboxylic acids is 1. The van der Waals surface area contributed by atoms with Crippen LogP contribution < -0.4 is 10.3 Å². The quantitative estimate of drug-likeness (QED) is 0.657. The second-order valence-corrected chi connectivity index (χ2v) is 9.94. The maximum atomic E-state index is 13.1. The zero-order valence-corrected chi connectivity index (χ0v) is 18.0. The number of aromatic nitrogens is 2. The molecule has 1 aromatic carbocycles. The molecule has 0 saturated carbocycles. The van der Waals surface area contributed by atoms with Crippen LogP contribution in [0.2, 0.25) is 0 Å². The van der Waals surface area contributed by atoms with Gasteiger partial charge in [-0.1, -0.05) is 18.2 Å². The van der Waals surface area contributed by atoms with Gasteiger partial charge in [0.1, 0.15) is 5.69 Å². The third-order valence-corrected chi connectivity index (χ3v) is 7.48. The monoisotopic (exact) mass is 450 g/mol. The SMILES string of the molecule is O=C(c1cccnc1)N1C[C@@H]2C[C@H](C1)c1ccc(NS(=O)(=O)c3ccccc3)c(=O)n1C2. The van der Waals surface area contributed by atoms with Gasteiger partial charge in [-0.05, 0) is 48.7 Å². The van der Waals surface area contributed by atoms with E-state index in [1.165, 1.54) is 18.2 Å². The molecule has 3 aromatic rings. The van der Waals surface area contributed by atoms with Gasteiger partial charge < -0.3 is 9.47 Å². The molecule has 1 saturated heterocycles. The highest BCUT2D eigenvalue weighted by atomic mass is 32.2. The minimum atomic E-state index is -3.85. The molecule has 9 heteroatoms. The fourth-order valence-corrected chi connectivity index (χ4v) is 5.74. The second-order valence-electron chi connectivity index (χ2n) is 8.26. The van der Waals surface area contributed by atoms with Crippen LogP contribution in [0.4, 0.5) is 5.69 Å². The molecule has 5 rings (SSSR count). The molecule has 0 radical (unpaired) electrons. The van der Waals surface area contributed by atoms with Crippen LogP contribution in [0.15, 0.2) is 76.7 Å². The van der Waals surface area contributed by atoms with E-state index in [0.29, 0.717) is 25.2 Å².